The third-order valence-electron chi connectivity index (χ3n) is 5.95. The molecule has 5 rings (SSSR count). The van der Waals surface area contributed by atoms with Crippen molar-refractivity contribution in [2.75, 3.05) is 6.61 Å². The molecule has 31 heavy (non-hydrogen) atoms. The Labute approximate surface area is 184 Å². The van der Waals surface area contributed by atoms with E-state index in [-0.39, 0.29) is 18.6 Å². The van der Waals surface area contributed by atoms with Gasteiger partial charge in [-0.25, -0.2) is 14.2 Å². The van der Waals surface area contributed by atoms with Crippen molar-refractivity contribution < 1.29 is 9.50 Å². The molecule has 160 valence electrons. The maximum atomic E-state index is 14.1. The van der Waals surface area contributed by atoms with Crippen molar-refractivity contribution in [1.29, 1.82) is 0 Å². The van der Waals surface area contributed by atoms with Crippen LogP contribution in [0.25, 0.3) is 22.2 Å². The van der Waals surface area contributed by atoms with Crippen LogP contribution in [0.2, 0.25) is 5.15 Å². The predicted molar refractivity (Wildman–Crippen MR) is 118 cm³/mol. The van der Waals surface area contributed by atoms with Crippen LogP contribution in [0.15, 0.2) is 39.2 Å². The first-order valence-electron chi connectivity index (χ1n) is 9.65. The first kappa shape index (κ1) is 20.2. The van der Waals surface area contributed by atoms with Gasteiger partial charge in [-0.05, 0) is 18.6 Å². The minimum Gasteiger partial charge on any atom is -0.394 e. The number of nitrogens with zero attached hydrogens (tertiary/aromatic N) is 4. The lowest BCUT2D eigenvalue weighted by atomic mass is 10.00. The van der Waals surface area contributed by atoms with Crippen LogP contribution >= 0.6 is 22.9 Å². The molecule has 7 nitrogen and oxygen atoms in total. The molecule has 1 aliphatic heterocycles. The van der Waals surface area contributed by atoms with Crippen LogP contribution in [0.3, 0.4) is 0 Å². The number of aryl methyl sites for hydroxylation is 1. The normalized spacial score (nSPS) is 18.1. The molecule has 4 aromatic rings. The van der Waals surface area contributed by atoms with Gasteiger partial charge in [0.15, 0.2) is 0 Å². The smallest absolute Gasteiger partial charge is 0.331 e. The lowest BCUT2D eigenvalue weighted by Gasteiger charge is -2.15. The number of aromatic nitrogens is 4. The molecule has 0 unspecified atom stereocenters. The van der Waals surface area contributed by atoms with E-state index in [0.29, 0.717) is 39.4 Å². The summed E-state index contributed by atoms with van der Waals surface area (Å²) in [5.74, 6) is -0.707. The van der Waals surface area contributed by atoms with Gasteiger partial charge in [0.05, 0.1) is 40.9 Å². The van der Waals surface area contributed by atoms with E-state index in [0.717, 1.165) is 9.57 Å². The Bertz CT molecular complexity index is 1470. The fourth-order valence-electron chi connectivity index (χ4n) is 4.63. The van der Waals surface area contributed by atoms with Crippen LogP contribution < -0.4 is 11.2 Å². The molecule has 0 aliphatic carbocycles. The van der Waals surface area contributed by atoms with E-state index in [1.54, 1.807) is 24.6 Å². The summed E-state index contributed by atoms with van der Waals surface area (Å²) in [6, 6.07) is 5.61. The van der Waals surface area contributed by atoms with Crippen LogP contribution in [0.5, 0.6) is 0 Å². The summed E-state index contributed by atoms with van der Waals surface area (Å²) in [6.07, 6.45) is 0.525. The Morgan fingerprint density at radius 3 is 2.71 bits per heavy atom. The Balaban J connectivity index is 1.99. The molecule has 1 N–H and O–H groups in total. The van der Waals surface area contributed by atoms with Crippen molar-refractivity contribution in [2.45, 2.75) is 18.4 Å². The molecule has 1 aliphatic rings. The first-order valence-corrected chi connectivity index (χ1v) is 10.9. The van der Waals surface area contributed by atoms with Crippen molar-refractivity contribution in [3.63, 3.8) is 0 Å². The Kier molecular flexibility index (Phi) is 4.65. The van der Waals surface area contributed by atoms with Gasteiger partial charge < -0.3 is 9.67 Å². The zero-order chi connectivity index (χ0) is 22.0. The SMILES string of the molecule is Cn1c(=O)c2c(-c3cccc(F)c3)n3c(c2n(C)c1=O)[C@H](c1nc(Cl)cs1)C[C@H]3CO. The highest BCUT2D eigenvalue weighted by molar-refractivity contribution is 7.10. The Morgan fingerprint density at radius 2 is 2.06 bits per heavy atom. The van der Waals surface area contributed by atoms with Gasteiger partial charge >= 0.3 is 5.69 Å². The largest absolute Gasteiger partial charge is 0.394 e. The number of rotatable bonds is 3. The fourth-order valence-corrected chi connectivity index (χ4v) is 5.70. The van der Waals surface area contributed by atoms with Gasteiger partial charge in [-0.3, -0.25) is 13.9 Å². The van der Waals surface area contributed by atoms with Crippen LogP contribution in [0, 0.1) is 5.82 Å². The summed E-state index contributed by atoms with van der Waals surface area (Å²) in [7, 11) is 3.03. The number of aliphatic hydroxyl groups excluding tert-OH is 1. The van der Waals surface area contributed by atoms with Crippen molar-refractivity contribution in [3.8, 4) is 11.3 Å². The molecule has 2 atom stereocenters. The van der Waals surface area contributed by atoms with E-state index >= 15 is 0 Å². The number of thiazole rings is 1. The second-order valence-corrected chi connectivity index (χ2v) is 8.95. The van der Waals surface area contributed by atoms with Gasteiger partial charge in [0, 0.05) is 25.0 Å². The summed E-state index contributed by atoms with van der Waals surface area (Å²) in [6.45, 7) is -0.180. The minimum atomic E-state index is -0.466. The third-order valence-corrected chi connectivity index (χ3v) is 7.23. The molecule has 4 heterocycles. The van der Waals surface area contributed by atoms with Gasteiger partial charge in [0.2, 0.25) is 0 Å². The average molecular weight is 461 g/mol. The van der Waals surface area contributed by atoms with Crippen molar-refractivity contribution >= 4 is 33.8 Å². The van der Waals surface area contributed by atoms with Crippen LogP contribution in [-0.4, -0.2) is 30.4 Å². The van der Waals surface area contributed by atoms with E-state index in [2.05, 4.69) is 4.98 Å². The molecule has 0 fully saturated rings. The number of hydrogen-bond donors (Lipinski definition) is 1. The van der Waals surface area contributed by atoms with Gasteiger partial charge in [0.1, 0.15) is 16.0 Å². The van der Waals surface area contributed by atoms with Crippen molar-refractivity contribution in [2.24, 2.45) is 14.1 Å². The Morgan fingerprint density at radius 1 is 1.29 bits per heavy atom. The summed E-state index contributed by atoms with van der Waals surface area (Å²) in [5, 5.41) is 13.3. The second-order valence-electron chi connectivity index (χ2n) is 7.68. The van der Waals surface area contributed by atoms with Crippen LogP contribution in [0.4, 0.5) is 4.39 Å². The lowest BCUT2D eigenvalue weighted by Crippen LogP contribution is -2.37. The quantitative estimate of drug-likeness (QED) is 0.509. The van der Waals surface area contributed by atoms with Gasteiger partial charge in [0.25, 0.3) is 5.56 Å². The summed E-state index contributed by atoms with van der Waals surface area (Å²) < 4.78 is 18.5. The van der Waals surface area contributed by atoms with Crippen molar-refractivity contribution in [1.82, 2.24) is 18.7 Å². The molecule has 0 spiro atoms. The van der Waals surface area contributed by atoms with Crippen molar-refractivity contribution in [3.05, 3.63) is 72.2 Å². The number of aliphatic hydroxyl groups is 1. The van der Waals surface area contributed by atoms with Crippen LogP contribution in [0.1, 0.15) is 29.1 Å². The van der Waals surface area contributed by atoms with Gasteiger partial charge in [-0.15, -0.1) is 11.3 Å². The number of benzene rings is 1. The molecule has 1 aromatic carbocycles. The summed E-state index contributed by atoms with van der Waals surface area (Å²) >= 11 is 7.46. The highest BCUT2D eigenvalue weighted by atomic mass is 35.5. The molecular formula is C21H18ClFN4O3S. The van der Waals surface area contributed by atoms with E-state index in [4.69, 9.17) is 11.6 Å². The number of hydrogen-bond acceptors (Lipinski definition) is 5. The van der Waals surface area contributed by atoms with E-state index in [1.165, 1.54) is 35.1 Å². The predicted octanol–water partition coefficient (Wildman–Crippen LogP) is 3.02. The molecule has 10 heteroatoms. The Hall–Kier alpha value is -2.75. The standard InChI is InChI=1S/C21H18ClFN4O3S/c1-25-18-15(20(29)26(2)21(25)30)16(10-4-3-5-11(23)6-10)27-12(8-28)7-13(17(18)27)19-24-14(22)9-31-19/h3-6,9,12-13,28H,7-8H2,1-2H3/t12-,13+/m0/s1. The molecule has 0 saturated heterocycles. The molecule has 0 radical (unpaired) electrons. The highest BCUT2D eigenvalue weighted by Gasteiger charge is 2.40. The first-order chi connectivity index (χ1) is 14.8. The zero-order valence-electron chi connectivity index (χ0n) is 16.7. The van der Waals surface area contributed by atoms with E-state index in [9.17, 15) is 19.1 Å². The minimum absolute atomic E-state index is 0.180. The zero-order valence-corrected chi connectivity index (χ0v) is 18.2. The average Bonchev–Trinajstić information content (AvgIpc) is 3.43. The third kappa shape index (κ3) is 2.84. The molecule has 0 amide bonds. The fraction of sp³-hybridized carbons (Fsp3) is 0.286. The number of fused-ring (bicyclic) bond motifs is 3. The number of halogens is 2. The second kappa shape index (κ2) is 7.15. The summed E-state index contributed by atoms with van der Waals surface area (Å²) in [4.78, 5) is 30.5. The maximum Gasteiger partial charge on any atom is 0.331 e. The van der Waals surface area contributed by atoms with Gasteiger partial charge in [-0.2, -0.15) is 0 Å². The topological polar surface area (TPSA) is 82.0 Å². The summed E-state index contributed by atoms with van der Waals surface area (Å²) in [5.41, 5.74) is 1.25. The molecule has 0 saturated carbocycles. The lowest BCUT2D eigenvalue weighted by molar-refractivity contribution is 0.232. The van der Waals surface area contributed by atoms with Crippen LogP contribution in [-0.2, 0) is 14.1 Å². The molecule has 0 bridgehead atoms. The van der Waals surface area contributed by atoms with E-state index in [1.807, 2.05) is 4.57 Å². The highest BCUT2D eigenvalue weighted by Crippen LogP contribution is 2.49. The maximum absolute atomic E-state index is 14.1. The van der Waals surface area contributed by atoms with Gasteiger partial charge in [-0.1, -0.05) is 23.7 Å². The monoisotopic (exact) mass is 460 g/mol. The molecule has 3 aromatic heterocycles. The van der Waals surface area contributed by atoms with E-state index < -0.39 is 17.1 Å². The molecular weight excluding hydrogens is 443 g/mol.